The van der Waals surface area contributed by atoms with Crippen molar-refractivity contribution in [2.45, 2.75) is 25.7 Å². The van der Waals surface area contributed by atoms with Gasteiger partial charge in [0.1, 0.15) is 12.2 Å². The highest BCUT2D eigenvalue weighted by atomic mass is 16.5. The van der Waals surface area contributed by atoms with E-state index in [2.05, 4.69) is 4.98 Å². The Bertz CT molecular complexity index is 1230. The molecule has 11 nitrogen and oxygen atoms in total. The summed E-state index contributed by atoms with van der Waals surface area (Å²) < 4.78 is 20.7. The second-order valence-electron chi connectivity index (χ2n) is 7.52. The van der Waals surface area contributed by atoms with Crippen LogP contribution in [-0.2, 0) is 38.8 Å². The fourth-order valence-electron chi connectivity index (χ4n) is 4.53. The molecule has 1 amide bonds. The van der Waals surface area contributed by atoms with Crippen molar-refractivity contribution in [1.29, 1.82) is 0 Å². The van der Waals surface area contributed by atoms with Crippen LogP contribution in [0, 0.1) is 0 Å². The largest absolute Gasteiger partial charge is 0.468 e. The van der Waals surface area contributed by atoms with Crippen LogP contribution in [0.4, 0.5) is 6.01 Å². The van der Waals surface area contributed by atoms with Crippen molar-refractivity contribution in [3.8, 4) is 11.3 Å². The molecule has 1 aromatic heterocycles. The summed E-state index contributed by atoms with van der Waals surface area (Å²) >= 11 is 0. The summed E-state index contributed by atoms with van der Waals surface area (Å²) in [5.41, 5.74) is 4.83. The number of oxazole rings is 1. The Morgan fingerprint density at radius 2 is 1.82 bits per heavy atom. The van der Waals surface area contributed by atoms with E-state index < -0.39 is 42.2 Å². The van der Waals surface area contributed by atoms with Crippen LogP contribution in [0.5, 0.6) is 0 Å². The molecule has 2 N–H and O–H groups in total. The Balaban J connectivity index is 2.06. The summed E-state index contributed by atoms with van der Waals surface area (Å²) in [5, 5.41) is 0. The number of aromatic nitrogens is 1. The highest BCUT2D eigenvalue weighted by Gasteiger charge is 2.64. The number of anilines is 1. The average molecular weight is 469 g/mol. The minimum Gasteiger partial charge on any atom is -0.468 e. The number of esters is 3. The first-order valence-corrected chi connectivity index (χ1v) is 10.6. The summed E-state index contributed by atoms with van der Waals surface area (Å²) in [6, 6.07) is 6.59. The zero-order chi connectivity index (χ0) is 24.6. The number of carbonyl (C=O) groups excluding carboxylic acids is 4. The van der Waals surface area contributed by atoms with Crippen LogP contribution in [-0.4, -0.2) is 60.6 Å². The van der Waals surface area contributed by atoms with Crippen LogP contribution in [0.3, 0.4) is 0 Å². The third-order valence-electron chi connectivity index (χ3n) is 5.74. The van der Waals surface area contributed by atoms with Crippen molar-refractivity contribution in [2.24, 2.45) is 0 Å². The SMILES string of the molecule is CCOC(=O)CC1=C(C(=O)OCC)[C@@]2(C(=O)N1CC(=O)OC)c1ccccc1-c1oc(N)nc12. The van der Waals surface area contributed by atoms with Gasteiger partial charge in [-0.15, -0.1) is 0 Å². The lowest BCUT2D eigenvalue weighted by molar-refractivity contribution is -0.147. The molecule has 0 saturated carbocycles. The number of methoxy groups -OCH3 is 1. The van der Waals surface area contributed by atoms with Crippen LogP contribution in [0.25, 0.3) is 11.3 Å². The van der Waals surface area contributed by atoms with Gasteiger partial charge < -0.3 is 29.3 Å². The summed E-state index contributed by atoms with van der Waals surface area (Å²) in [4.78, 5) is 57.7. The molecular formula is C23H23N3O8. The summed E-state index contributed by atoms with van der Waals surface area (Å²) in [6.07, 6.45) is -0.461. The van der Waals surface area contributed by atoms with Gasteiger partial charge in [0.25, 0.3) is 6.01 Å². The van der Waals surface area contributed by atoms with Crippen molar-refractivity contribution in [1.82, 2.24) is 9.88 Å². The van der Waals surface area contributed by atoms with Crippen molar-refractivity contribution >= 4 is 29.8 Å². The Kier molecular flexibility index (Phi) is 5.86. The van der Waals surface area contributed by atoms with Crippen LogP contribution in [0.1, 0.15) is 31.5 Å². The van der Waals surface area contributed by atoms with Crippen molar-refractivity contribution in [3.63, 3.8) is 0 Å². The molecule has 0 radical (unpaired) electrons. The number of carbonyl (C=O) groups is 4. The van der Waals surface area contributed by atoms with Gasteiger partial charge in [-0.25, -0.2) is 4.79 Å². The lowest BCUT2D eigenvalue weighted by Gasteiger charge is -2.26. The molecule has 2 heterocycles. The molecule has 1 aromatic carbocycles. The predicted octanol–water partition coefficient (Wildman–Crippen LogP) is 1.31. The average Bonchev–Trinajstić information content (AvgIpc) is 3.39. The summed E-state index contributed by atoms with van der Waals surface area (Å²) in [5.74, 6) is -2.74. The Labute approximate surface area is 194 Å². The fourth-order valence-corrected chi connectivity index (χ4v) is 4.53. The van der Waals surface area contributed by atoms with E-state index in [9.17, 15) is 19.2 Å². The molecule has 0 bridgehead atoms. The van der Waals surface area contributed by atoms with Gasteiger partial charge in [-0.1, -0.05) is 24.3 Å². The molecule has 1 aliphatic carbocycles. The molecule has 178 valence electrons. The molecule has 0 fully saturated rings. The van der Waals surface area contributed by atoms with Gasteiger partial charge in [0.2, 0.25) is 5.91 Å². The Morgan fingerprint density at radius 3 is 2.50 bits per heavy atom. The van der Waals surface area contributed by atoms with Crippen molar-refractivity contribution in [3.05, 3.63) is 46.8 Å². The van der Waals surface area contributed by atoms with Crippen molar-refractivity contribution < 1.29 is 37.8 Å². The summed E-state index contributed by atoms with van der Waals surface area (Å²) in [6.45, 7) is 2.79. The maximum Gasteiger partial charge on any atom is 0.337 e. The molecule has 34 heavy (non-hydrogen) atoms. The van der Waals surface area contributed by atoms with E-state index in [1.165, 1.54) is 7.11 Å². The van der Waals surface area contributed by atoms with E-state index in [0.29, 0.717) is 11.1 Å². The van der Waals surface area contributed by atoms with Crippen LogP contribution >= 0.6 is 0 Å². The molecule has 2 aliphatic rings. The van der Waals surface area contributed by atoms with Gasteiger partial charge >= 0.3 is 17.9 Å². The lowest BCUT2D eigenvalue weighted by atomic mass is 9.74. The Hall–Kier alpha value is -4.15. The molecule has 1 spiro atoms. The number of rotatable bonds is 7. The second-order valence-corrected chi connectivity index (χ2v) is 7.52. The van der Waals surface area contributed by atoms with E-state index in [1.807, 2.05) is 0 Å². The molecular weight excluding hydrogens is 446 g/mol. The zero-order valence-electron chi connectivity index (χ0n) is 18.9. The number of nitrogen functional groups attached to an aromatic ring is 1. The molecule has 0 saturated heterocycles. The second kappa shape index (κ2) is 8.65. The number of benzene rings is 1. The van der Waals surface area contributed by atoms with Gasteiger partial charge in [-0.05, 0) is 19.4 Å². The van der Waals surface area contributed by atoms with E-state index in [4.69, 9.17) is 24.4 Å². The van der Waals surface area contributed by atoms with E-state index in [1.54, 1.807) is 38.1 Å². The van der Waals surface area contributed by atoms with E-state index >= 15 is 0 Å². The van der Waals surface area contributed by atoms with Crippen molar-refractivity contribution in [2.75, 3.05) is 32.6 Å². The van der Waals surface area contributed by atoms with Gasteiger partial charge in [-0.2, -0.15) is 4.98 Å². The molecule has 4 rings (SSSR count). The highest BCUT2D eigenvalue weighted by Crippen LogP contribution is 2.58. The number of nitrogens with two attached hydrogens (primary N) is 1. The first kappa shape index (κ1) is 23.0. The number of nitrogens with zero attached hydrogens (tertiary/aromatic N) is 2. The third kappa shape index (κ3) is 3.23. The number of amides is 1. The maximum atomic E-state index is 14.2. The third-order valence-corrected chi connectivity index (χ3v) is 5.74. The first-order valence-electron chi connectivity index (χ1n) is 10.6. The monoisotopic (exact) mass is 469 g/mol. The van der Waals surface area contributed by atoms with Gasteiger partial charge in [0.05, 0.1) is 32.3 Å². The number of hydrogen-bond acceptors (Lipinski definition) is 10. The molecule has 0 unspecified atom stereocenters. The summed E-state index contributed by atoms with van der Waals surface area (Å²) in [7, 11) is 1.17. The number of fused-ring (bicyclic) bond motifs is 5. The number of hydrogen-bond donors (Lipinski definition) is 1. The van der Waals surface area contributed by atoms with Gasteiger partial charge in [-0.3, -0.25) is 14.4 Å². The Morgan fingerprint density at radius 1 is 1.12 bits per heavy atom. The smallest absolute Gasteiger partial charge is 0.337 e. The van der Waals surface area contributed by atoms with Crippen LogP contribution in [0.2, 0.25) is 0 Å². The normalized spacial score (nSPS) is 18.2. The molecule has 1 aliphatic heterocycles. The maximum absolute atomic E-state index is 14.2. The van der Waals surface area contributed by atoms with Gasteiger partial charge in [0, 0.05) is 11.3 Å². The standard InChI is InChI=1S/C23H23N3O8/c1-4-32-15(27)10-14-17(20(29)33-5-2)23(21(30)26(14)11-16(28)31-3)13-9-7-6-8-12(13)18-19(23)25-22(24)34-18/h6-9H,4-5,10-11H2,1-3H3,(H2,24,25)/t23-/m0/s1. The fraction of sp³-hybridized carbons (Fsp3) is 0.348. The molecule has 2 aromatic rings. The van der Waals surface area contributed by atoms with Crippen LogP contribution in [0.15, 0.2) is 40.0 Å². The highest BCUT2D eigenvalue weighted by molar-refractivity contribution is 6.15. The molecule has 1 atom stereocenters. The van der Waals surface area contributed by atoms with Gasteiger partial charge in [0.15, 0.2) is 11.2 Å². The zero-order valence-corrected chi connectivity index (χ0v) is 18.9. The minimum atomic E-state index is -1.82. The van der Waals surface area contributed by atoms with Crippen LogP contribution < -0.4 is 5.73 Å². The quantitative estimate of drug-likeness (QED) is 0.464. The lowest BCUT2D eigenvalue weighted by Crippen LogP contribution is -2.44. The van der Waals surface area contributed by atoms with E-state index in [0.717, 1.165) is 4.90 Å². The minimum absolute atomic E-state index is 0.00570. The topological polar surface area (TPSA) is 151 Å². The predicted molar refractivity (Wildman–Crippen MR) is 116 cm³/mol. The molecule has 11 heteroatoms. The number of ether oxygens (including phenoxy) is 3. The van der Waals surface area contributed by atoms with E-state index in [-0.39, 0.29) is 42.0 Å². The first-order chi connectivity index (χ1) is 16.3.